The third kappa shape index (κ3) is 5.85. The van der Waals surface area contributed by atoms with Gasteiger partial charge in [-0.25, -0.2) is 14.8 Å². The first-order chi connectivity index (χ1) is 12.4. The van der Waals surface area contributed by atoms with Crippen LogP contribution in [0.2, 0.25) is 5.15 Å². The van der Waals surface area contributed by atoms with Gasteiger partial charge in [0, 0.05) is 19.1 Å². The van der Waals surface area contributed by atoms with Crippen molar-refractivity contribution in [2.75, 3.05) is 18.4 Å². The van der Waals surface area contributed by atoms with Gasteiger partial charge in [-0.1, -0.05) is 18.5 Å². The fourth-order valence-corrected chi connectivity index (χ4v) is 3.10. The van der Waals surface area contributed by atoms with E-state index in [1.165, 1.54) is 0 Å². The second-order valence-electron chi connectivity index (χ2n) is 7.53. The molecular weight excluding hydrogens is 385 g/mol. The Bertz CT molecular complexity index is 679. The number of nitrogens with one attached hydrogen (secondary N) is 1. The number of hydrogen-bond donors (Lipinski definition) is 1. The molecule has 0 spiro atoms. The second-order valence-corrected chi connectivity index (χ2v) is 7.88. The van der Waals surface area contributed by atoms with Crippen LogP contribution in [0, 0.1) is 5.92 Å². The van der Waals surface area contributed by atoms with Crippen molar-refractivity contribution in [1.82, 2.24) is 14.9 Å². The molecule has 0 radical (unpaired) electrons. The fourth-order valence-electron chi connectivity index (χ4n) is 2.90. The summed E-state index contributed by atoms with van der Waals surface area (Å²) in [5.41, 5.74) is -1.71. The summed E-state index contributed by atoms with van der Waals surface area (Å²) in [7, 11) is 0. The van der Waals surface area contributed by atoms with Gasteiger partial charge in [0.05, 0.1) is 6.20 Å². The Morgan fingerprint density at radius 3 is 2.59 bits per heavy atom. The number of piperidine rings is 1. The van der Waals surface area contributed by atoms with Crippen LogP contribution in [0.3, 0.4) is 0 Å². The number of anilines is 1. The van der Waals surface area contributed by atoms with Crippen molar-refractivity contribution in [2.24, 2.45) is 5.92 Å². The molecule has 1 aromatic rings. The SMILES string of the molecule is CCC1CN(C(=O)OC(C)(C)C)CCC1Nc1ncc(C(F)(F)F)nc1Cl. The molecule has 1 aliphatic rings. The Morgan fingerprint density at radius 2 is 2.07 bits per heavy atom. The normalized spacial score (nSPS) is 21.1. The van der Waals surface area contributed by atoms with Crippen molar-refractivity contribution >= 4 is 23.5 Å². The topological polar surface area (TPSA) is 67.3 Å². The molecule has 0 aliphatic carbocycles. The molecule has 2 rings (SSSR count). The minimum Gasteiger partial charge on any atom is -0.444 e. The van der Waals surface area contributed by atoms with E-state index < -0.39 is 17.5 Å². The molecule has 27 heavy (non-hydrogen) atoms. The van der Waals surface area contributed by atoms with Gasteiger partial charge in [-0.2, -0.15) is 13.2 Å². The molecule has 6 nitrogen and oxygen atoms in total. The highest BCUT2D eigenvalue weighted by molar-refractivity contribution is 6.31. The summed E-state index contributed by atoms with van der Waals surface area (Å²) < 4.78 is 43.4. The van der Waals surface area contributed by atoms with Crippen molar-refractivity contribution < 1.29 is 22.7 Å². The Labute approximate surface area is 161 Å². The lowest BCUT2D eigenvalue weighted by Gasteiger charge is -2.39. The number of rotatable bonds is 3. The van der Waals surface area contributed by atoms with E-state index >= 15 is 0 Å². The van der Waals surface area contributed by atoms with Crippen LogP contribution in [0.5, 0.6) is 0 Å². The first-order valence-corrected chi connectivity index (χ1v) is 9.12. The number of alkyl halides is 3. The van der Waals surface area contributed by atoms with Crippen molar-refractivity contribution in [3.8, 4) is 0 Å². The van der Waals surface area contributed by atoms with Crippen molar-refractivity contribution in [1.29, 1.82) is 0 Å². The fraction of sp³-hybridized carbons (Fsp3) is 0.706. The minimum atomic E-state index is -4.60. The van der Waals surface area contributed by atoms with E-state index in [1.54, 1.807) is 4.90 Å². The number of halogens is 4. The maximum atomic E-state index is 12.7. The summed E-state index contributed by atoms with van der Waals surface area (Å²) in [6.45, 7) is 8.35. The monoisotopic (exact) mass is 408 g/mol. The molecular formula is C17H24ClF3N4O2. The van der Waals surface area contributed by atoms with Gasteiger partial charge in [-0.15, -0.1) is 0 Å². The van der Waals surface area contributed by atoms with E-state index in [2.05, 4.69) is 15.3 Å². The molecule has 0 saturated carbocycles. The van der Waals surface area contributed by atoms with E-state index in [-0.39, 0.29) is 29.0 Å². The standard InChI is InChI=1S/C17H24ClF3N4O2/c1-5-10-9-25(15(26)27-16(2,3)4)7-6-11(10)23-14-13(18)24-12(8-22-14)17(19,20)21/h8,10-11H,5-7,9H2,1-4H3,(H,22,23). The molecule has 1 saturated heterocycles. The van der Waals surface area contributed by atoms with Crippen LogP contribution in [0.1, 0.15) is 46.2 Å². The largest absolute Gasteiger partial charge is 0.444 e. The predicted molar refractivity (Wildman–Crippen MR) is 95.7 cm³/mol. The smallest absolute Gasteiger partial charge is 0.434 e. The maximum absolute atomic E-state index is 12.7. The van der Waals surface area contributed by atoms with E-state index in [9.17, 15) is 18.0 Å². The van der Waals surface area contributed by atoms with Crippen molar-refractivity contribution in [2.45, 2.75) is 58.4 Å². The van der Waals surface area contributed by atoms with E-state index in [1.807, 2.05) is 27.7 Å². The van der Waals surface area contributed by atoms with Gasteiger partial charge in [-0.3, -0.25) is 0 Å². The van der Waals surface area contributed by atoms with E-state index in [4.69, 9.17) is 16.3 Å². The van der Waals surface area contributed by atoms with Gasteiger partial charge in [0.25, 0.3) is 0 Å². The lowest BCUT2D eigenvalue weighted by Crippen LogP contribution is -2.49. The number of carbonyl (C=O) groups is 1. The summed E-state index contributed by atoms with van der Waals surface area (Å²) in [4.78, 5) is 21.1. The van der Waals surface area contributed by atoms with Crippen LogP contribution in [-0.2, 0) is 10.9 Å². The summed E-state index contributed by atoms with van der Waals surface area (Å²) in [6.07, 6.45) is -2.95. The zero-order valence-corrected chi connectivity index (χ0v) is 16.5. The van der Waals surface area contributed by atoms with Crippen LogP contribution in [0.4, 0.5) is 23.8 Å². The Balaban J connectivity index is 2.05. The number of carbonyl (C=O) groups excluding carboxylic acids is 1. The first kappa shape index (κ1) is 21.5. The number of ether oxygens (including phenoxy) is 1. The second kappa shape index (κ2) is 8.08. The summed E-state index contributed by atoms with van der Waals surface area (Å²) >= 11 is 5.88. The summed E-state index contributed by atoms with van der Waals surface area (Å²) in [5.74, 6) is 0.185. The van der Waals surface area contributed by atoms with Crippen molar-refractivity contribution in [3.05, 3.63) is 17.0 Å². The van der Waals surface area contributed by atoms with Gasteiger partial charge < -0.3 is 15.0 Å². The zero-order valence-electron chi connectivity index (χ0n) is 15.7. The molecule has 2 heterocycles. The number of likely N-dealkylation sites (tertiary alicyclic amines) is 1. The molecule has 1 N–H and O–H groups in total. The van der Waals surface area contributed by atoms with Gasteiger partial charge in [0.2, 0.25) is 0 Å². The third-order valence-electron chi connectivity index (χ3n) is 4.25. The van der Waals surface area contributed by atoms with Gasteiger partial charge in [0.1, 0.15) is 5.60 Å². The molecule has 10 heteroatoms. The highest BCUT2D eigenvalue weighted by Gasteiger charge is 2.35. The summed E-state index contributed by atoms with van der Waals surface area (Å²) in [6, 6.07) is -0.0859. The molecule has 2 unspecified atom stereocenters. The van der Waals surface area contributed by atoms with Crippen LogP contribution in [-0.4, -0.2) is 45.7 Å². The van der Waals surface area contributed by atoms with E-state index in [0.29, 0.717) is 25.7 Å². The number of nitrogens with zero attached hydrogens (tertiary/aromatic N) is 3. The maximum Gasteiger partial charge on any atom is 0.434 e. The number of hydrogen-bond acceptors (Lipinski definition) is 5. The Kier molecular flexibility index (Phi) is 6.44. The lowest BCUT2D eigenvalue weighted by atomic mass is 9.90. The number of aromatic nitrogens is 2. The third-order valence-corrected chi connectivity index (χ3v) is 4.52. The highest BCUT2D eigenvalue weighted by Crippen LogP contribution is 2.31. The predicted octanol–water partition coefficient (Wildman–Crippen LogP) is 4.60. The summed E-state index contributed by atoms with van der Waals surface area (Å²) in [5, 5.41) is 2.76. The van der Waals surface area contributed by atoms with Crippen LogP contribution < -0.4 is 5.32 Å². The Hall–Kier alpha value is -1.77. The molecule has 1 amide bonds. The minimum absolute atomic E-state index is 0.0754. The Morgan fingerprint density at radius 1 is 1.41 bits per heavy atom. The van der Waals surface area contributed by atoms with Crippen molar-refractivity contribution in [3.63, 3.8) is 0 Å². The quantitative estimate of drug-likeness (QED) is 0.791. The molecule has 1 aliphatic heterocycles. The molecule has 0 bridgehead atoms. The average molecular weight is 409 g/mol. The van der Waals surface area contributed by atoms with Gasteiger partial charge in [0.15, 0.2) is 16.7 Å². The van der Waals surface area contributed by atoms with Crippen LogP contribution in [0.25, 0.3) is 0 Å². The van der Waals surface area contributed by atoms with E-state index in [0.717, 1.165) is 6.42 Å². The van der Waals surface area contributed by atoms with Gasteiger partial charge in [-0.05, 0) is 39.5 Å². The molecule has 2 atom stereocenters. The molecule has 1 aromatic heterocycles. The molecule has 0 aromatic carbocycles. The first-order valence-electron chi connectivity index (χ1n) is 8.75. The van der Waals surface area contributed by atoms with Crippen LogP contribution >= 0.6 is 11.6 Å². The average Bonchev–Trinajstić information content (AvgIpc) is 2.54. The number of amides is 1. The van der Waals surface area contributed by atoms with Crippen LogP contribution in [0.15, 0.2) is 6.20 Å². The lowest BCUT2D eigenvalue weighted by molar-refractivity contribution is -0.141. The van der Waals surface area contributed by atoms with Gasteiger partial charge >= 0.3 is 12.3 Å². The molecule has 1 fully saturated rings. The zero-order chi connectivity index (χ0) is 20.4. The highest BCUT2D eigenvalue weighted by atomic mass is 35.5. The molecule has 152 valence electrons.